The molecule has 4 nitrogen and oxygen atoms in total. The third-order valence-electron chi connectivity index (χ3n) is 2.19. The van der Waals surface area contributed by atoms with Gasteiger partial charge in [0.15, 0.2) is 0 Å². The first kappa shape index (κ1) is 9.98. The van der Waals surface area contributed by atoms with Crippen molar-refractivity contribution >= 4 is 17.4 Å². The Labute approximate surface area is 92.7 Å². The quantitative estimate of drug-likeness (QED) is 0.848. The van der Waals surface area contributed by atoms with Gasteiger partial charge in [0.2, 0.25) is 0 Å². The van der Waals surface area contributed by atoms with Gasteiger partial charge in [-0.3, -0.25) is 0 Å². The molecule has 5 heteroatoms. The summed E-state index contributed by atoms with van der Waals surface area (Å²) in [4.78, 5) is 0. The average Bonchev–Trinajstić information content (AvgIpc) is 2.61. The van der Waals surface area contributed by atoms with Crippen LogP contribution in [-0.2, 0) is 6.54 Å². The van der Waals surface area contributed by atoms with Gasteiger partial charge in [0.1, 0.15) is 11.5 Å². The van der Waals surface area contributed by atoms with Crippen molar-refractivity contribution in [2.24, 2.45) is 0 Å². The summed E-state index contributed by atoms with van der Waals surface area (Å²) in [6.45, 7) is 2.68. The summed E-state index contributed by atoms with van der Waals surface area (Å²) >= 11 is 5.80. The zero-order chi connectivity index (χ0) is 10.8. The molecule has 0 radical (unpaired) electrons. The topological polar surface area (TPSA) is 56.7 Å². The second-order valence-corrected chi connectivity index (χ2v) is 3.58. The van der Waals surface area contributed by atoms with Gasteiger partial charge >= 0.3 is 0 Å². The molecule has 0 saturated heterocycles. The van der Waals surface area contributed by atoms with Crippen LogP contribution < -0.4 is 5.73 Å². The van der Waals surface area contributed by atoms with Gasteiger partial charge < -0.3 is 5.73 Å². The van der Waals surface area contributed by atoms with E-state index in [1.807, 2.05) is 19.1 Å². The van der Waals surface area contributed by atoms with E-state index in [9.17, 15) is 0 Å². The van der Waals surface area contributed by atoms with Crippen LogP contribution in [-0.4, -0.2) is 15.0 Å². The van der Waals surface area contributed by atoms with Crippen molar-refractivity contribution in [3.05, 3.63) is 29.3 Å². The van der Waals surface area contributed by atoms with Gasteiger partial charge in [-0.05, 0) is 19.1 Å². The number of halogens is 1. The fraction of sp³-hybridized carbons (Fsp3) is 0.200. The first-order valence-corrected chi connectivity index (χ1v) is 5.05. The Hall–Kier alpha value is -1.55. The van der Waals surface area contributed by atoms with Crippen LogP contribution >= 0.6 is 11.6 Å². The lowest BCUT2D eigenvalue weighted by Crippen LogP contribution is -2.02. The number of nitrogens with zero attached hydrogens (tertiary/aromatic N) is 3. The van der Waals surface area contributed by atoms with Gasteiger partial charge in [-0.2, -0.15) is 0 Å². The van der Waals surface area contributed by atoms with Crippen LogP contribution in [0.2, 0.25) is 5.02 Å². The molecule has 1 aromatic heterocycles. The number of nitrogen functional groups attached to an aromatic ring is 1. The molecule has 78 valence electrons. The van der Waals surface area contributed by atoms with Gasteiger partial charge in [-0.1, -0.05) is 28.9 Å². The molecule has 15 heavy (non-hydrogen) atoms. The maximum atomic E-state index is 5.89. The van der Waals surface area contributed by atoms with E-state index >= 15 is 0 Å². The van der Waals surface area contributed by atoms with Gasteiger partial charge in [0.25, 0.3) is 0 Å². The molecular weight excluding hydrogens is 212 g/mol. The summed E-state index contributed by atoms with van der Waals surface area (Å²) in [6, 6.07) is 7.37. The fourth-order valence-electron chi connectivity index (χ4n) is 1.37. The Morgan fingerprint density at radius 3 is 2.53 bits per heavy atom. The van der Waals surface area contributed by atoms with Crippen molar-refractivity contribution in [3.63, 3.8) is 0 Å². The van der Waals surface area contributed by atoms with Crippen molar-refractivity contribution < 1.29 is 0 Å². The van der Waals surface area contributed by atoms with Crippen LogP contribution in [0.5, 0.6) is 0 Å². The lowest BCUT2D eigenvalue weighted by molar-refractivity contribution is 0.635. The Bertz CT molecular complexity index is 461. The summed E-state index contributed by atoms with van der Waals surface area (Å²) in [5.41, 5.74) is 7.52. The zero-order valence-electron chi connectivity index (χ0n) is 8.31. The lowest BCUT2D eigenvalue weighted by atomic mass is 10.1. The Balaban J connectivity index is 2.45. The minimum atomic E-state index is 0.583. The summed E-state index contributed by atoms with van der Waals surface area (Å²) in [5, 5.41) is 8.67. The van der Waals surface area contributed by atoms with Crippen LogP contribution in [0.1, 0.15) is 6.92 Å². The molecule has 0 fully saturated rings. The standard InChI is InChI=1S/C10H11ClN4/c1-2-15-10(12)9(13-14-15)7-3-5-8(11)6-4-7/h3-6H,2,12H2,1H3. The lowest BCUT2D eigenvalue weighted by Gasteiger charge is -1.99. The number of nitrogens with two attached hydrogens (primary N) is 1. The number of benzene rings is 1. The minimum absolute atomic E-state index is 0.583. The fourth-order valence-corrected chi connectivity index (χ4v) is 1.49. The number of aromatic nitrogens is 3. The molecule has 0 aliphatic rings. The zero-order valence-corrected chi connectivity index (χ0v) is 9.07. The Morgan fingerprint density at radius 1 is 1.33 bits per heavy atom. The molecule has 2 rings (SSSR count). The van der Waals surface area contributed by atoms with E-state index < -0.39 is 0 Å². The summed E-state index contributed by atoms with van der Waals surface area (Å²) in [6.07, 6.45) is 0. The highest BCUT2D eigenvalue weighted by Crippen LogP contribution is 2.24. The van der Waals surface area contributed by atoms with Crippen LogP contribution in [0.25, 0.3) is 11.3 Å². The maximum absolute atomic E-state index is 5.89. The van der Waals surface area contributed by atoms with Crippen molar-refractivity contribution in [1.82, 2.24) is 15.0 Å². The molecule has 2 aromatic rings. The Morgan fingerprint density at radius 2 is 2.00 bits per heavy atom. The summed E-state index contributed by atoms with van der Waals surface area (Å²) in [7, 11) is 0. The van der Waals surface area contributed by atoms with Crippen LogP contribution in [0.3, 0.4) is 0 Å². The highest BCUT2D eigenvalue weighted by Gasteiger charge is 2.09. The largest absolute Gasteiger partial charge is 0.382 e. The van der Waals surface area contributed by atoms with Gasteiger partial charge in [-0.15, -0.1) is 5.10 Å². The predicted octanol–water partition coefficient (Wildman–Crippen LogP) is 2.20. The van der Waals surface area contributed by atoms with Crippen LogP contribution in [0.4, 0.5) is 5.82 Å². The number of hydrogen-bond donors (Lipinski definition) is 1. The Kier molecular flexibility index (Phi) is 2.60. The van der Waals surface area contributed by atoms with Gasteiger partial charge in [0, 0.05) is 17.1 Å². The number of aryl methyl sites for hydroxylation is 1. The van der Waals surface area contributed by atoms with Gasteiger partial charge in [-0.25, -0.2) is 4.68 Å². The summed E-state index contributed by atoms with van der Waals surface area (Å²) in [5.74, 6) is 0.583. The molecule has 0 unspecified atom stereocenters. The molecule has 0 aliphatic carbocycles. The second kappa shape index (κ2) is 3.90. The van der Waals surface area contributed by atoms with Crippen LogP contribution in [0.15, 0.2) is 24.3 Å². The van der Waals surface area contributed by atoms with E-state index in [-0.39, 0.29) is 0 Å². The highest BCUT2D eigenvalue weighted by molar-refractivity contribution is 6.30. The molecule has 0 spiro atoms. The minimum Gasteiger partial charge on any atom is -0.382 e. The number of rotatable bonds is 2. The normalized spacial score (nSPS) is 10.5. The van der Waals surface area contributed by atoms with E-state index in [2.05, 4.69) is 10.3 Å². The van der Waals surface area contributed by atoms with E-state index in [1.54, 1.807) is 16.8 Å². The van der Waals surface area contributed by atoms with Crippen molar-refractivity contribution in [1.29, 1.82) is 0 Å². The monoisotopic (exact) mass is 222 g/mol. The van der Waals surface area contributed by atoms with E-state index in [1.165, 1.54) is 0 Å². The third kappa shape index (κ3) is 1.80. The number of anilines is 1. The molecule has 1 aromatic carbocycles. The average molecular weight is 223 g/mol. The highest BCUT2D eigenvalue weighted by atomic mass is 35.5. The predicted molar refractivity (Wildman–Crippen MR) is 60.6 cm³/mol. The second-order valence-electron chi connectivity index (χ2n) is 3.15. The van der Waals surface area contributed by atoms with Gasteiger partial charge in [0.05, 0.1) is 0 Å². The molecule has 0 atom stereocenters. The molecule has 0 saturated carbocycles. The van der Waals surface area contributed by atoms with E-state index in [4.69, 9.17) is 17.3 Å². The van der Waals surface area contributed by atoms with Crippen molar-refractivity contribution in [2.45, 2.75) is 13.5 Å². The first-order chi connectivity index (χ1) is 7.22. The van der Waals surface area contributed by atoms with E-state index in [0.717, 1.165) is 5.56 Å². The molecule has 1 heterocycles. The SMILES string of the molecule is CCn1nnc(-c2ccc(Cl)cc2)c1N. The smallest absolute Gasteiger partial charge is 0.150 e. The summed E-state index contributed by atoms with van der Waals surface area (Å²) < 4.78 is 1.66. The maximum Gasteiger partial charge on any atom is 0.150 e. The van der Waals surface area contributed by atoms with Crippen molar-refractivity contribution in [3.8, 4) is 11.3 Å². The van der Waals surface area contributed by atoms with Crippen LogP contribution in [0, 0.1) is 0 Å². The van der Waals surface area contributed by atoms with E-state index in [0.29, 0.717) is 23.1 Å². The molecule has 0 aliphatic heterocycles. The first-order valence-electron chi connectivity index (χ1n) is 4.67. The third-order valence-corrected chi connectivity index (χ3v) is 2.44. The number of hydrogen-bond acceptors (Lipinski definition) is 3. The molecule has 0 bridgehead atoms. The van der Waals surface area contributed by atoms with Crippen molar-refractivity contribution in [2.75, 3.05) is 5.73 Å². The molecule has 0 amide bonds. The molecular formula is C10H11ClN4. The molecule has 2 N–H and O–H groups in total.